The van der Waals surface area contributed by atoms with Gasteiger partial charge in [-0.3, -0.25) is 4.79 Å². The number of rotatable bonds is 5. The van der Waals surface area contributed by atoms with Gasteiger partial charge in [-0.25, -0.2) is 13.4 Å². The van der Waals surface area contributed by atoms with Crippen molar-refractivity contribution < 1.29 is 8.42 Å². The van der Waals surface area contributed by atoms with Gasteiger partial charge in [0.15, 0.2) is 0 Å². The first-order valence-corrected chi connectivity index (χ1v) is 10.8. The largest absolute Gasteiger partial charge is 0.309 e. The molecule has 2 aromatic rings. The van der Waals surface area contributed by atoms with Gasteiger partial charge in [0.1, 0.15) is 20.5 Å². The Balaban J connectivity index is 1.77. The normalized spacial score (nSPS) is 14.7. The summed E-state index contributed by atoms with van der Waals surface area (Å²) in [6.07, 6.45) is 4.38. The van der Waals surface area contributed by atoms with Crippen LogP contribution in [0.3, 0.4) is 0 Å². The van der Waals surface area contributed by atoms with Gasteiger partial charge in [-0.1, -0.05) is 0 Å². The lowest BCUT2D eigenvalue weighted by molar-refractivity contribution is 0.603. The van der Waals surface area contributed by atoms with Crippen molar-refractivity contribution in [2.45, 2.75) is 25.0 Å². The molecule has 114 valence electrons. The third-order valence-corrected chi connectivity index (χ3v) is 6.82. The van der Waals surface area contributed by atoms with E-state index in [2.05, 4.69) is 9.97 Å². The predicted molar refractivity (Wildman–Crippen MR) is 88.1 cm³/mol. The number of aryl methyl sites for hydroxylation is 2. The van der Waals surface area contributed by atoms with Crippen molar-refractivity contribution >= 4 is 43.2 Å². The zero-order chi connectivity index (χ0) is 15.0. The summed E-state index contributed by atoms with van der Waals surface area (Å²) in [6, 6.07) is 0. The van der Waals surface area contributed by atoms with E-state index >= 15 is 0 Å². The van der Waals surface area contributed by atoms with Crippen LogP contribution in [0.15, 0.2) is 4.79 Å². The smallest absolute Gasteiger partial charge is 0.259 e. The molecule has 0 aromatic carbocycles. The standard InChI is InChI=1S/C13H16N2O3S3/c1-21(17,18)6-5-19-7-10-14-12(16)11-8-3-2-4-9(8)20-13(11)15-10/h2-7H2,1H3,(H,14,15,16). The molecule has 2 heterocycles. The number of nitrogens with one attached hydrogen (secondary N) is 1. The third kappa shape index (κ3) is 3.32. The minimum absolute atomic E-state index is 0.0573. The molecule has 0 atom stereocenters. The number of thioether (sulfide) groups is 1. The molecule has 0 radical (unpaired) electrons. The van der Waals surface area contributed by atoms with Gasteiger partial charge < -0.3 is 4.98 Å². The molecular formula is C13H16N2O3S3. The molecule has 0 saturated carbocycles. The molecule has 1 aliphatic rings. The summed E-state index contributed by atoms with van der Waals surface area (Å²) >= 11 is 3.10. The molecule has 0 bridgehead atoms. The first-order chi connectivity index (χ1) is 9.94. The van der Waals surface area contributed by atoms with Gasteiger partial charge >= 0.3 is 0 Å². The van der Waals surface area contributed by atoms with E-state index in [1.807, 2.05) is 0 Å². The van der Waals surface area contributed by atoms with E-state index in [1.165, 1.54) is 28.5 Å². The van der Waals surface area contributed by atoms with Crippen LogP contribution in [-0.4, -0.2) is 36.1 Å². The number of H-pyrrole nitrogens is 1. The number of sulfone groups is 1. The lowest BCUT2D eigenvalue weighted by atomic mass is 10.2. The van der Waals surface area contributed by atoms with Crippen molar-refractivity contribution in [3.8, 4) is 0 Å². The maximum absolute atomic E-state index is 12.2. The highest BCUT2D eigenvalue weighted by Gasteiger charge is 2.20. The van der Waals surface area contributed by atoms with Gasteiger partial charge in [0, 0.05) is 16.9 Å². The van der Waals surface area contributed by atoms with Crippen LogP contribution in [0.25, 0.3) is 10.2 Å². The van der Waals surface area contributed by atoms with Gasteiger partial charge in [0.25, 0.3) is 5.56 Å². The highest BCUT2D eigenvalue weighted by atomic mass is 32.2. The van der Waals surface area contributed by atoms with Crippen molar-refractivity contribution in [1.82, 2.24) is 9.97 Å². The van der Waals surface area contributed by atoms with Crippen LogP contribution in [0.4, 0.5) is 0 Å². The van der Waals surface area contributed by atoms with E-state index < -0.39 is 9.84 Å². The lowest BCUT2D eigenvalue weighted by Gasteiger charge is -2.01. The van der Waals surface area contributed by atoms with Crippen molar-refractivity contribution in [3.05, 3.63) is 26.6 Å². The van der Waals surface area contributed by atoms with E-state index in [4.69, 9.17) is 0 Å². The summed E-state index contributed by atoms with van der Waals surface area (Å²) < 4.78 is 22.1. The Morgan fingerprint density at radius 3 is 2.95 bits per heavy atom. The van der Waals surface area contributed by atoms with Crippen molar-refractivity contribution in [1.29, 1.82) is 0 Å². The second-order valence-corrected chi connectivity index (χ2v) is 9.68. The zero-order valence-corrected chi connectivity index (χ0v) is 14.1. The van der Waals surface area contributed by atoms with Gasteiger partial charge in [-0.2, -0.15) is 11.8 Å². The molecule has 1 aliphatic carbocycles. The quantitative estimate of drug-likeness (QED) is 0.836. The van der Waals surface area contributed by atoms with E-state index in [1.54, 1.807) is 11.3 Å². The summed E-state index contributed by atoms with van der Waals surface area (Å²) in [6.45, 7) is 0. The molecule has 0 saturated heterocycles. The van der Waals surface area contributed by atoms with Crippen LogP contribution >= 0.6 is 23.1 Å². The SMILES string of the molecule is CS(=O)(=O)CCSCc1nc2sc3c(c2c(=O)[nH]1)CCC3. The fourth-order valence-electron chi connectivity index (χ4n) is 2.49. The van der Waals surface area contributed by atoms with Crippen LogP contribution in [-0.2, 0) is 28.4 Å². The highest BCUT2D eigenvalue weighted by Crippen LogP contribution is 2.34. The second-order valence-electron chi connectivity index (χ2n) is 5.23. The Kier molecular flexibility index (Phi) is 4.11. The van der Waals surface area contributed by atoms with Crippen LogP contribution in [0.5, 0.6) is 0 Å². The van der Waals surface area contributed by atoms with Crippen LogP contribution in [0.2, 0.25) is 0 Å². The number of hydrogen-bond donors (Lipinski definition) is 1. The predicted octanol–water partition coefficient (Wildman–Crippen LogP) is 1.75. The second kappa shape index (κ2) is 5.73. The minimum Gasteiger partial charge on any atom is -0.309 e. The summed E-state index contributed by atoms with van der Waals surface area (Å²) in [5.74, 6) is 1.83. The summed E-state index contributed by atoms with van der Waals surface area (Å²) in [7, 11) is -2.93. The Morgan fingerprint density at radius 1 is 1.38 bits per heavy atom. The molecular weight excluding hydrogens is 328 g/mol. The average molecular weight is 344 g/mol. The number of nitrogens with zero attached hydrogens (tertiary/aromatic N) is 1. The minimum atomic E-state index is -2.93. The first kappa shape index (κ1) is 15.1. The zero-order valence-electron chi connectivity index (χ0n) is 11.6. The van der Waals surface area contributed by atoms with Crippen LogP contribution in [0, 0.1) is 0 Å². The molecule has 0 aliphatic heterocycles. The summed E-state index contributed by atoms with van der Waals surface area (Å²) in [4.78, 5) is 21.7. The number of hydrogen-bond acceptors (Lipinski definition) is 6. The molecule has 2 aromatic heterocycles. The summed E-state index contributed by atoms with van der Waals surface area (Å²) in [5, 5.41) is 0.761. The molecule has 0 unspecified atom stereocenters. The Labute approximate surface area is 131 Å². The Hall–Kier alpha value is -0.860. The molecule has 0 spiro atoms. The van der Waals surface area contributed by atoms with E-state index in [-0.39, 0.29) is 11.3 Å². The number of fused-ring (bicyclic) bond motifs is 3. The number of aromatic amines is 1. The van der Waals surface area contributed by atoms with Crippen molar-refractivity contribution in [3.63, 3.8) is 0 Å². The summed E-state index contributed by atoms with van der Waals surface area (Å²) in [5.41, 5.74) is 1.12. The maximum Gasteiger partial charge on any atom is 0.259 e. The molecule has 8 heteroatoms. The fraction of sp³-hybridized carbons (Fsp3) is 0.538. The first-order valence-electron chi connectivity index (χ1n) is 6.73. The molecule has 0 amide bonds. The van der Waals surface area contributed by atoms with E-state index in [0.717, 1.165) is 29.5 Å². The van der Waals surface area contributed by atoms with Gasteiger partial charge in [-0.05, 0) is 24.8 Å². The van der Waals surface area contributed by atoms with Gasteiger partial charge in [0.2, 0.25) is 0 Å². The Bertz CT molecular complexity index is 836. The van der Waals surface area contributed by atoms with E-state index in [9.17, 15) is 13.2 Å². The molecule has 0 fully saturated rings. The van der Waals surface area contributed by atoms with Crippen LogP contribution < -0.4 is 5.56 Å². The monoisotopic (exact) mass is 344 g/mol. The number of aromatic nitrogens is 2. The Morgan fingerprint density at radius 2 is 2.19 bits per heavy atom. The van der Waals surface area contributed by atoms with Gasteiger partial charge in [-0.15, -0.1) is 11.3 Å². The fourth-order valence-corrected chi connectivity index (χ4v) is 5.93. The number of thiophene rings is 1. The van der Waals surface area contributed by atoms with Crippen molar-refractivity contribution in [2.24, 2.45) is 0 Å². The maximum atomic E-state index is 12.2. The molecule has 1 N–H and O–H groups in total. The van der Waals surface area contributed by atoms with Crippen LogP contribution in [0.1, 0.15) is 22.7 Å². The molecule has 5 nitrogen and oxygen atoms in total. The average Bonchev–Trinajstić information content (AvgIpc) is 2.93. The molecule has 3 rings (SSSR count). The highest BCUT2D eigenvalue weighted by molar-refractivity contribution is 7.99. The third-order valence-electron chi connectivity index (χ3n) is 3.46. The van der Waals surface area contributed by atoms with Gasteiger partial charge in [0.05, 0.1) is 16.9 Å². The molecule has 21 heavy (non-hydrogen) atoms. The van der Waals surface area contributed by atoms with E-state index in [0.29, 0.717) is 17.3 Å². The van der Waals surface area contributed by atoms with Crippen molar-refractivity contribution in [2.75, 3.05) is 17.8 Å². The topological polar surface area (TPSA) is 79.9 Å². The lowest BCUT2D eigenvalue weighted by Crippen LogP contribution is -2.12.